The van der Waals surface area contributed by atoms with Crippen LogP contribution in [0.5, 0.6) is 0 Å². The molecule has 1 atom stereocenters. The molecule has 6 nitrogen and oxygen atoms in total. The number of likely N-dealkylation sites (tertiary alicyclic amines) is 1. The van der Waals surface area contributed by atoms with Crippen LogP contribution in [0.15, 0.2) is 48.5 Å². The number of hydrogen-bond donors (Lipinski definition) is 2. The number of aryl methyl sites for hydroxylation is 1. The first-order valence-corrected chi connectivity index (χ1v) is 12.4. The lowest BCUT2D eigenvalue weighted by molar-refractivity contribution is 0.0950. The summed E-state index contributed by atoms with van der Waals surface area (Å²) in [5.41, 5.74) is 3.51. The van der Waals surface area contributed by atoms with Crippen molar-refractivity contribution >= 4 is 23.3 Å². The zero-order chi connectivity index (χ0) is 23.0. The fourth-order valence-electron chi connectivity index (χ4n) is 4.89. The molecular formula is C27H36N4O2. The van der Waals surface area contributed by atoms with Crippen LogP contribution in [-0.4, -0.2) is 49.6 Å². The third-order valence-corrected chi connectivity index (χ3v) is 6.68. The van der Waals surface area contributed by atoms with Gasteiger partial charge < -0.3 is 15.5 Å². The summed E-state index contributed by atoms with van der Waals surface area (Å²) >= 11 is 0. The van der Waals surface area contributed by atoms with Crippen LogP contribution in [0, 0.1) is 5.92 Å². The molecule has 2 aromatic carbocycles. The monoisotopic (exact) mass is 448 g/mol. The van der Waals surface area contributed by atoms with E-state index < -0.39 is 0 Å². The summed E-state index contributed by atoms with van der Waals surface area (Å²) in [7, 11) is 0. The quantitative estimate of drug-likeness (QED) is 0.617. The van der Waals surface area contributed by atoms with E-state index >= 15 is 0 Å². The molecule has 0 saturated carbocycles. The number of anilines is 2. The third kappa shape index (κ3) is 6.35. The molecule has 33 heavy (non-hydrogen) atoms. The lowest BCUT2D eigenvalue weighted by atomic mass is 10.0. The Kier molecular flexibility index (Phi) is 8.00. The third-order valence-electron chi connectivity index (χ3n) is 6.68. The Morgan fingerprint density at radius 1 is 1.00 bits per heavy atom. The number of hydrogen-bond acceptors (Lipinski definition) is 3. The number of piperidine rings is 1. The highest BCUT2D eigenvalue weighted by atomic mass is 16.2. The van der Waals surface area contributed by atoms with Crippen LogP contribution >= 0.6 is 0 Å². The van der Waals surface area contributed by atoms with Gasteiger partial charge >= 0.3 is 6.03 Å². The van der Waals surface area contributed by atoms with E-state index in [1.165, 1.54) is 31.5 Å². The topological polar surface area (TPSA) is 64.7 Å². The number of nitrogens with zero attached hydrogens (tertiary/aromatic N) is 2. The van der Waals surface area contributed by atoms with Crippen LogP contribution in [0.3, 0.4) is 0 Å². The number of para-hydroxylation sites is 1. The summed E-state index contributed by atoms with van der Waals surface area (Å²) in [6.45, 7) is 7.08. The second kappa shape index (κ2) is 11.3. The van der Waals surface area contributed by atoms with Crippen molar-refractivity contribution < 1.29 is 9.59 Å². The summed E-state index contributed by atoms with van der Waals surface area (Å²) in [6.07, 6.45) is 6.64. The summed E-state index contributed by atoms with van der Waals surface area (Å²) in [5.74, 6) is 0.711. The van der Waals surface area contributed by atoms with Gasteiger partial charge in [-0.15, -0.1) is 0 Å². The van der Waals surface area contributed by atoms with Gasteiger partial charge in [-0.2, -0.15) is 0 Å². The molecule has 2 aliphatic rings. The van der Waals surface area contributed by atoms with Gasteiger partial charge in [0.15, 0.2) is 0 Å². The van der Waals surface area contributed by atoms with E-state index in [1.54, 1.807) is 24.3 Å². The lowest BCUT2D eigenvalue weighted by Gasteiger charge is -2.30. The first-order valence-electron chi connectivity index (χ1n) is 12.4. The van der Waals surface area contributed by atoms with Crippen molar-refractivity contribution in [3.63, 3.8) is 0 Å². The predicted molar refractivity (Wildman–Crippen MR) is 134 cm³/mol. The number of urea groups is 1. The van der Waals surface area contributed by atoms with Gasteiger partial charge in [0.1, 0.15) is 0 Å². The van der Waals surface area contributed by atoms with Crippen LogP contribution in [0.2, 0.25) is 0 Å². The van der Waals surface area contributed by atoms with E-state index in [-0.39, 0.29) is 11.9 Å². The minimum atomic E-state index is -0.131. The molecule has 2 heterocycles. The van der Waals surface area contributed by atoms with E-state index in [0.29, 0.717) is 24.3 Å². The highest BCUT2D eigenvalue weighted by molar-refractivity contribution is 6.02. The molecule has 0 radical (unpaired) electrons. The number of nitrogens with one attached hydrogen (secondary N) is 2. The second-order valence-electron chi connectivity index (χ2n) is 9.40. The van der Waals surface area contributed by atoms with E-state index in [2.05, 4.69) is 28.5 Å². The van der Waals surface area contributed by atoms with E-state index in [4.69, 9.17) is 0 Å². The molecule has 6 heteroatoms. The number of carbonyl (C=O) groups excluding carboxylic acids is 2. The van der Waals surface area contributed by atoms with Gasteiger partial charge in [0.05, 0.1) is 0 Å². The lowest BCUT2D eigenvalue weighted by Crippen LogP contribution is -2.36. The molecule has 4 rings (SSSR count). The number of rotatable bonds is 6. The summed E-state index contributed by atoms with van der Waals surface area (Å²) < 4.78 is 0. The maximum Gasteiger partial charge on any atom is 0.326 e. The Hall–Kier alpha value is -2.86. The van der Waals surface area contributed by atoms with Gasteiger partial charge in [-0.25, -0.2) is 4.79 Å². The number of benzene rings is 2. The zero-order valence-electron chi connectivity index (χ0n) is 19.7. The van der Waals surface area contributed by atoms with Crippen molar-refractivity contribution in [3.05, 3.63) is 59.7 Å². The van der Waals surface area contributed by atoms with Gasteiger partial charge in [-0.3, -0.25) is 9.69 Å². The summed E-state index contributed by atoms with van der Waals surface area (Å²) in [5, 5.41) is 6.01. The average molecular weight is 449 g/mol. The second-order valence-corrected chi connectivity index (χ2v) is 9.40. The van der Waals surface area contributed by atoms with Gasteiger partial charge in [0, 0.05) is 36.6 Å². The Bertz CT molecular complexity index is 943. The van der Waals surface area contributed by atoms with Crippen molar-refractivity contribution in [3.8, 4) is 0 Å². The minimum absolute atomic E-state index is 0.0682. The maximum atomic E-state index is 13.0. The number of carbonyl (C=O) groups is 2. The standard InChI is InChI=1S/C27H36N4O2/c1-21-8-6-17-30(20-21)18-7-16-28-26(32)23-12-14-24(15-13-23)29-27(33)31-19-5-4-10-22-9-2-3-11-25(22)31/h2-3,9,11-15,21H,4-8,10,16-20H2,1H3,(H,28,32)(H,29,33). The van der Waals surface area contributed by atoms with Crippen LogP contribution in [-0.2, 0) is 6.42 Å². The SMILES string of the molecule is CC1CCCN(CCCNC(=O)c2ccc(NC(=O)N3CCCCc4ccccc43)cc2)C1. The molecule has 0 spiro atoms. The molecule has 2 aliphatic heterocycles. The molecule has 1 saturated heterocycles. The average Bonchev–Trinajstić information content (AvgIpc) is 3.05. The van der Waals surface area contributed by atoms with Crippen molar-refractivity contribution in [2.75, 3.05) is 42.9 Å². The smallest absolute Gasteiger partial charge is 0.326 e. The molecular weight excluding hydrogens is 412 g/mol. The molecule has 0 aliphatic carbocycles. The van der Waals surface area contributed by atoms with Crippen LogP contribution in [0.4, 0.5) is 16.2 Å². The first kappa shape index (κ1) is 23.3. The molecule has 1 unspecified atom stereocenters. The molecule has 0 bridgehead atoms. The first-order chi connectivity index (χ1) is 16.1. The predicted octanol–water partition coefficient (Wildman–Crippen LogP) is 4.91. The Morgan fingerprint density at radius 3 is 2.64 bits per heavy atom. The molecule has 2 N–H and O–H groups in total. The normalized spacial score (nSPS) is 18.8. The molecule has 176 valence electrons. The van der Waals surface area contributed by atoms with Crippen LogP contribution in [0.1, 0.15) is 54.9 Å². The van der Waals surface area contributed by atoms with Crippen LogP contribution < -0.4 is 15.5 Å². The van der Waals surface area contributed by atoms with E-state index in [0.717, 1.165) is 43.8 Å². The van der Waals surface area contributed by atoms with Crippen molar-refractivity contribution in [2.24, 2.45) is 5.92 Å². The zero-order valence-corrected chi connectivity index (χ0v) is 19.7. The Labute approximate surface area is 197 Å². The molecule has 2 aromatic rings. The Morgan fingerprint density at radius 2 is 1.82 bits per heavy atom. The van der Waals surface area contributed by atoms with Gasteiger partial charge in [-0.05, 0) is 93.4 Å². The summed E-state index contributed by atoms with van der Waals surface area (Å²) in [6, 6.07) is 15.1. The van der Waals surface area contributed by atoms with Gasteiger partial charge in [0.25, 0.3) is 5.91 Å². The highest BCUT2D eigenvalue weighted by Gasteiger charge is 2.21. The van der Waals surface area contributed by atoms with Crippen molar-refractivity contribution in [1.29, 1.82) is 0 Å². The maximum absolute atomic E-state index is 13.0. The number of fused-ring (bicyclic) bond motifs is 1. The highest BCUT2D eigenvalue weighted by Crippen LogP contribution is 2.26. The van der Waals surface area contributed by atoms with Gasteiger partial charge in [0.2, 0.25) is 0 Å². The van der Waals surface area contributed by atoms with E-state index in [1.807, 2.05) is 23.1 Å². The summed E-state index contributed by atoms with van der Waals surface area (Å²) in [4.78, 5) is 29.8. The van der Waals surface area contributed by atoms with Gasteiger partial charge in [-0.1, -0.05) is 25.1 Å². The number of amides is 3. The van der Waals surface area contributed by atoms with Crippen molar-refractivity contribution in [2.45, 2.75) is 45.4 Å². The fraction of sp³-hybridized carbons (Fsp3) is 0.481. The molecule has 1 fully saturated rings. The molecule has 3 amide bonds. The van der Waals surface area contributed by atoms with E-state index in [9.17, 15) is 9.59 Å². The molecule has 0 aromatic heterocycles. The largest absolute Gasteiger partial charge is 0.352 e. The Balaban J connectivity index is 1.26. The van der Waals surface area contributed by atoms with Crippen LogP contribution in [0.25, 0.3) is 0 Å². The fourth-order valence-corrected chi connectivity index (χ4v) is 4.89. The van der Waals surface area contributed by atoms with Crippen molar-refractivity contribution in [1.82, 2.24) is 10.2 Å². The minimum Gasteiger partial charge on any atom is -0.352 e.